The summed E-state index contributed by atoms with van der Waals surface area (Å²) in [5.41, 5.74) is 2.08. The Balaban J connectivity index is 1.42. The average Bonchev–Trinajstić information content (AvgIpc) is 3.11. The van der Waals surface area contributed by atoms with Gasteiger partial charge in [0.15, 0.2) is 0 Å². The average molecular weight is 356 g/mol. The first-order valence-electron chi connectivity index (χ1n) is 9.22. The van der Waals surface area contributed by atoms with Gasteiger partial charge in [-0.3, -0.25) is 9.80 Å². The number of furan rings is 1. The molecule has 0 atom stereocenters. The monoisotopic (exact) mass is 356 g/mol. The number of anilines is 1. The lowest BCUT2D eigenvalue weighted by atomic mass is 10.1. The van der Waals surface area contributed by atoms with Crippen molar-refractivity contribution in [1.82, 2.24) is 15.1 Å². The molecule has 0 saturated carbocycles. The molecule has 6 nitrogen and oxygen atoms in total. The summed E-state index contributed by atoms with van der Waals surface area (Å²) in [6.07, 6.45) is 1.73. The number of amides is 2. The molecule has 1 saturated heterocycles. The molecule has 0 radical (unpaired) electrons. The van der Waals surface area contributed by atoms with Crippen molar-refractivity contribution in [3.63, 3.8) is 0 Å². The van der Waals surface area contributed by atoms with Crippen molar-refractivity contribution in [2.24, 2.45) is 0 Å². The van der Waals surface area contributed by atoms with Crippen molar-refractivity contribution in [3.8, 4) is 0 Å². The highest BCUT2D eigenvalue weighted by molar-refractivity contribution is 5.89. The fourth-order valence-corrected chi connectivity index (χ4v) is 3.11. The van der Waals surface area contributed by atoms with E-state index in [9.17, 15) is 4.79 Å². The largest absolute Gasteiger partial charge is 0.468 e. The second-order valence-electron chi connectivity index (χ2n) is 7.08. The van der Waals surface area contributed by atoms with Crippen LogP contribution in [0.25, 0.3) is 0 Å². The molecule has 1 aromatic carbocycles. The number of nitrogens with one attached hydrogen (secondary N) is 2. The Bertz CT molecular complexity index is 674. The Hall–Kier alpha value is -2.31. The first kappa shape index (κ1) is 18.5. The fourth-order valence-electron chi connectivity index (χ4n) is 3.11. The third-order valence-electron chi connectivity index (χ3n) is 4.46. The van der Waals surface area contributed by atoms with Crippen LogP contribution in [0.4, 0.5) is 10.5 Å². The molecule has 6 heteroatoms. The van der Waals surface area contributed by atoms with E-state index in [1.54, 1.807) is 6.26 Å². The Morgan fingerprint density at radius 2 is 1.69 bits per heavy atom. The van der Waals surface area contributed by atoms with Gasteiger partial charge in [-0.1, -0.05) is 12.1 Å². The van der Waals surface area contributed by atoms with Crippen LogP contribution in [0.3, 0.4) is 0 Å². The minimum absolute atomic E-state index is 0.126. The topological polar surface area (TPSA) is 60.8 Å². The third-order valence-corrected chi connectivity index (χ3v) is 4.46. The highest BCUT2D eigenvalue weighted by Gasteiger charge is 2.17. The molecule has 3 rings (SSSR count). The van der Waals surface area contributed by atoms with Gasteiger partial charge in [0.05, 0.1) is 12.8 Å². The van der Waals surface area contributed by atoms with Crippen LogP contribution in [0.1, 0.15) is 25.2 Å². The fraction of sp³-hybridized carbons (Fsp3) is 0.450. The quantitative estimate of drug-likeness (QED) is 0.835. The van der Waals surface area contributed by atoms with Crippen LogP contribution in [0, 0.1) is 0 Å². The van der Waals surface area contributed by atoms with Crippen molar-refractivity contribution in [1.29, 1.82) is 0 Å². The Morgan fingerprint density at radius 1 is 1.04 bits per heavy atom. The second-order valence-corrected chi connectivity index (χ2v) is 7.08. The first-order valence-corrected chi connectivity index (χ1v) is 9.22. The minimum Gasteiger partial charge on any atom is -0.468 e. The van der Waals surface area contributed by atoms with Gasteiger partial charge < -0.3 is 15.1 Å². The number of carbonyl (C=O) groups is 1. The Morgan fingerprint density at radius 3 is 2.27 bits per heavy atom. The Kier molecular flexibility index (Phi) is 6.30. The van der Waals surface area contributed by atoms with E-state index in [0.717, 1.165) is 50.7 Å². The lowest BCUT2D eigenvalue weighted by molar-refractivity contribution is 0.116. The van der Waals surface area contributed by atoms with Gasteiger partial charge in [0.2, 0.25) is 0 Å². The van der Waals surface area contributed by atoms with E-state index >= 15 is 0 Å². The molecule has 26 heavy (non-hydrogen) atoms. The van der Waals surface area contributed by atoms with Crippen LogP contribution in [-0.2, 0) is 13.1 Å². The second kappa shape index (κ2) is 8.87. The lowest BCUT2D eigenvalue weighted by Crippen LogP contribution is -2.45. The van der Waals surface area contributed by atoms with Crippen molar-refractivity contribution in [2.45, 2.75) is 33.0 Å². The lowest BCUT2D eigenvalue weighted by Gasteiger charge is -2.34. The van der Waals surface area contributed by atoms with Crippen LogP contribution >= 0.6 is 0 Å². The molecule has 1 aliphatic heterocycles. The summed E-state index contributed by atoms with van der Waals surface area (Å²) >= 11 is 0. The molecule has 2 N–H and O–H groups in total. The van der Waals surface area contributed by atoms with Crippen LogP contribution in [0.15, 0.2) is 47.1 Å². The standard InChI is InChI=1S/C20H28N4O2/c1-16(2)21-20(25)22-18-7-5-17(6-8-18)14-23-9-11-24(12-10-23)15-19-4-3-13-26-19/h3-8,13,16H,9-12,14-15H2,1-2H3,(H2,21,22,25). The van der Waals surface area contributed by atoms with E-state index in [-0.39, 0.29) is 12.1 Å². The van der Waals surface area contributed by atoms with Crippen molar-refractivity contribution in [2.75, 3.05) is 31.5 Å². The molecular formula is C20H28N4O2. The normalized spacial score (nSPS) is 16.0. The predicted molar refractivity (Wildman–Crippen MR) is 103 cm³/mol. The van der Waals surface area contributed by atoms with Crippen LogP contribution in [-0.4, -0.2) is 48.1 Å². The van der Waals surface area contributed by atoms with Gasteiger partial charge in [-0.05, 0) is 43.7 Å². The first-order chi connectivity index (χ1) is 12.6. The molecular weight excluding hydrogens is 328 g/mol. The predicted octanol–water partition coefficient (Wildman–Crippen LogP) is 3.13. The molecule has 1 fully saturated rings. The van der Waals surface area contributed by atoms with Crippen molar-refractivity contribution in [3.05, 3.63) is 54.0 Å². The molecule has 2 aromatic rings. The van der Waals surface area contributed by atoms with Gasteiger partial charge in [0, 0.05) is 44.5 Å². The number of piperazine rings is 1. The van der Waals surface area contributed by atoms with Gasteiger partial charge in [0.25, 0.3) is 0 Å². The number of nitrogens with zero attached hydrogens (tertiary/aromatic N) is 2. The molecule has 1 aromatic heterocycles. The highest BCUT2D eigenvalue weighted by atomic mass is 16.3. The van der Waals surface area contributed by atoms with Crippen molar-refractivity contribution < 1.29 is 9.21 Å². The summed E-state index contributed by atoms with van der Waals surface area (Å²) in [7, 11) is 0. The van der Waals surface area contributed by atoms with E-state index in [1.165, 1.54) is 5.56 Å². The van der Waals surface area contributed by atoms with Gasteiger partial charge >= 0.3 is 6.03 Å². The molecule has 1 aliphatic rings. The van der Waals surface area contributed by atoms with E-state index in [0.29, 0.717) is 0 Å². The highest BCUT2D eigenvalue weighted by Crippen LogP contribution is 2.14. The number of rotatable bonds is 6. The minimum atomic E-state index is -0.166. The molecule has 2 heterocycles. The zero-order valence-electron chi connectivity index (χ0n) is 15.6. The smallest absolute Gasteiger partial charge is 0.319 e. The molecule has 0 aliphatic carbocycles. The van der Waals surface area contributed by atoms with E-state index in [1.807, 2.05) is 38.1 Å². The zero-order chi connectivity index (χ0) is 18.4. The van der Waals surface area contributed by atoms with Crippen LogP contribution in [0.5, 0.6) is 0 Å². The van der Waals surface area contributed by atoms with Gasteiger partial charge in [-0.15, -0.1) is 0 Å². The van der Waals surface area contributed by atoms with Crippen LogP contribution < -0.4 is 10.6 Å². The van der Waals surface area contributed by atoms with Crippen molar-refractivity contribution >= 4 is 11.7 Å². The number of hydrogen-bond acceptors (Lipinski definition) is 4. The maximum absolute atomic E-state index is 11.7. The maximum Gasteiger partial charge on any atom is 0.319 e. The summed E-state index contributed by atoms with van der Waals surface area (Å²) in [4.78, 5) is 16.6. The number of benzene rings is 1. The van der Waals surface area contributed by atoms with E-state index in [4.69, 9.17) is 4.42 Å². The number of urea groups is 1. The zero-order valence-corrected chi connectivity index (χ0v) is 15.6. The molecule has 0 spiro atoms. The van der Waals surface area contributed by atoms with Crippen LogP contribution in [0.2, 0.25) is 0 Å². The van der Waals surface area contributed by atoms with Gasteiger partial charge in [-0.25, -0.2) is 4.79 Å². The third kappa shape index (κ3) is 5.61. The SMILES string of the molecule is CC(C)NC(=O)Nc1ccc(CN2CCN(Cc3ccco3)CC2)cc1. The Labute approximate surface area is 155 Å². The molecule has 0 unspecified atom stereocenters. The molecule has 140 valence electrons. The number of hydrogen-bond donors (Lipinski definition) is 2. The molecule has 0 bridgehead atoms. The summed E-state index contributed by atoms with van der Waals surface area (Å²) in [6, 6.07) is 12.0. The van der Waals surface area contributed by atoms with Gasteiger partial charge in [0.1, 0.15) is 5.76 Å². The number of carbonyl (C=O) groups excluding carboxylic acids is 1. The van der Waals surface area contributed by atoms with Gasteiger partial charge in [-0.2, -0.15) is 0 Å². The summed E-state index contributed by atoms with van der Waals surface area (Å²) in [5.74, 6) is 1.03. The summed E-state index contributed by atoms with van der Waals surface area (Å²) in [6.45, 7) is 9.92. The summed E-state index contributed by atoms with van der Waals surface area (Å²) < 4.78 is 5.43. The maximum atomic E-state index is 11.7. The summed E-state index contributed by atoms with van der Waals surface area (Å²) in [5, 5.41) is 5.67. The molecule has 2 amide bonds. The van der Waals surface area contributed by atoms with E-state index in [2.05, 4.69) is 32.6 Å². The van der Waals surface area contributed by atoms with E-state index < -0.39 is 0 Å².